The van der Waals surface area contributed by atoms with Crippen LogP contribution < -0.4 is 43.8 Å². The summed E-state index contributed by atoms with van der Waals surface area (Å²) in [6.45, 7) is 3.20. The number of aromatic nitrogens is 2. The molecular formula is C42H58N12O9. The number of rotatable bonds is 23. The maximum atomic E-state index is 14.1. The quantitative estimate of drug-likeness (QED) is 0.0288. The van der Waals surface area contributed by atoms with E-state index in [-0.39, 0.29) is 56.9 Å². The van der Waals surface area contributed by atoms with Crippen molar-refractivity contribution in [3.8, 4) is 5.75 Å². The number of H-pyrrole nitrogens is 1. The number of aromatic hydroxyl groups is 1. The number of amides is 6. The molecule has 1 aliphatic rings. The fraction of sp³-hybridized carbons (Fsp3) is 0.452. The number of hydrogen-bond donors (Lipinski definition) is 11. The number of likely N-dealkylation sites (tertiary alicyclic amines) is 1. The molecule has 0 spiro atoms. The second kappa shape index (κ2) is 23.8. The van der Waals surface area contributed by atoms with E-state index in [0.717, 1.165) is 0 Å². The van der Waals surface area contributed by atoms with Crippen LogP contribution in [0.4, 0.5) is 0 Å². The molecule has 1 fully saturated rings. The van der Waals surface area contributed by atoms with Crippen LogP contribution in [-0.2, 0) is 52.8 Å². The highest BCUT2D eigenvalue weighted by Gasteiger charge is 2.39. The number of nitrogens with zero attached hydrogens (tertiary/aromatic N) is 3. The van der Waals surface area contributed by atoms with Gasteiger partial charge in [-0.2, -0.15) is 0 Å². The number of hydrogen-bond acceptors (Lipinski definition) is 11. The number of benzene rings is 2. The van der Waals surface area contributed by atoms with Gasteiger partial charge in [0, 0.05) is 44.2 Å². The molecule has 6 amide bonds. The number of phenols is 1. The van der Waals surface area contributed by atoms with Crippen LogP contribution in [0.25, 0.3) is 0 Å². The molecule has 0 saturated carbocycles. The summed E-state index contributed by atoms with van der Waals surface area (Å²) in [6, 6.07) is 7.87. The highest BCUT2D eigenvalue weighted by Crippen LogP contribution is 2.20. The van der Waals surface area contributed by atoms with E-state index in [1.807, 2.05) is 0 Å². The maximum absolute atomic E-state index is 14.1. The van der Waals surface area contributed by atoms with E-state index in [1.165, 1.54) is 29.6 Å². The van der Waals surface area contributed by atoms with Crippen molar-refractivity contribution in [1.82, 2.24) is 41.5 Å². The summed E-state index contributed by atoms with van der Waals surface area (Å²) in [5.74, 6) is -5.89. The summed E-state index contributed by atoms with van der Waals surface area (Å²) in [7, 11) is 0. The van der Waals surface area contributed by atoms with Gasteiger partial charge in [-0.25, -0.2) is 9.78 Å². The molecule has 6 unspecified atom stereocenters. The maximum Gasteiger partial charge on any atom is 0.326 e. The van der Waals surface area contributed by atoms with E-state index in [1.54, 1.807) is 56.3 Å². The average Bonchev–Trinajstić information content (AvgIpc) is 3.96. The van der Waals surface area contributed by atoms with Crippen molar-refractivity contribution < 1.29 is 43.8 Å². The molecule has 63 heavy (non-hydrogen) atoms. The van der Waals surface area contributed by atoms with Gasteiger partial charge in [0.2, 0.25) is 35.4 Å². The molecule has 6 atom stereocenters. The number of carbonyl (C=O) groups excluding carboxylic acids is 6. The first-order valence-electron chi connectivity index (χ1n) is 20.6. The molecular weight excluding hydrogens is 817 g/mol. The topological polar surface area (TPSA) is 342 Å². The number of nitrogens with one attached hydrogen (secondary N) is 6. The van der Waals surface area contributed by atoms with E-state index < -0.39 is 90.1 Å². The van der Waals surface area contributed by atoms with Gasteiger partial charge in [0.05, 0.1) is 18.9 Å². The van der Waals surface area contributed by atoms with Crippen molar-refractivity contribution in [3.05, 3.63) is 83.9 Å². The van der Waals surface area contributed by atoms with Crippen molar-refractivity contribution in [2.75, 3.05) is 19.6 Å². The first-order chi connectivity index (χ1) is 30.0. The van der Waals surface area contributed by atoms with E-state index in [0.29, 0.717) is 29.7 Å². The second-order valence-electron chi connectivity index (χ2n) is 15.6. The zero-order chi connectivity index (χ0) is 46.1. The standard InChI is InChI=1S/C42H58N12O9/c1-24(2)35(53-36(57)29(43)10-6-16-47-42(44)45)39(60)51-30(18-26-12-14-28(55)15-13-26)37(58)48-22-34(56)50-31(20-27-21-46-23-49-27)40(61)54-17-7-11-33(54)38(59)52-32(41(62)63)19-25-8-4-3-5-9-25/h3-5,8-9,12-15,21,23-24,29-33,35,55H,6-7,10-11,16-20,22,43H2,1-2H3,(H,46,49)(H,48,58)(H,50,56)(H,51,60)(H,52,59)(H,53,57)(H,62,63)(H4,44,45,47). The Hall–Kier alpha value is -7.03. The summed E-state index contributed by atoms with van der Waals surface area (Å²) in [6.07, 6.45) is 4.11. The number of phenolic OH excluding ortho intramolecular Hbond substituents is 1. The summed E-state index contributed by atoms with van der Waals surface area (Å²) < 4.78 is 0. The van der Waals surface area contributed by atoms with Gasteiger partial charge in [-0.05, 0) is 54.9 Å². The first-order valence-corrected chi connectivity index (χ1v) is 20.6. The number of imidazole rings is 1. The number of aliphatic carboxylic acids is 1. The third kappa shape index (κ3) is 15.4. The molecule has 0 radical (unpaired) electrons. The summed E-state index contributed by atoms with van der Waals surface area (Å²) in [5, 5.41) is 32.8. The molecule has 0 aliphatic carbocycles. The lowest BCUT2D eigenvalue weighted by molar-refractivity contribution is -0.144. The van der Waals surface area contributed by atoms with Gasteiger partial charge < -0.3 is 63.9 Å². The number of carbonyl (C=O) groups is 7. The minimum Gasteiger partial charge on any atom is -0.508 e. The van der Waals surface area contributed by atoms with Crippen LogP contribution in [-0.4, -0.2) is 128 Å². The van der Waals surface area contributed by atoms with Crippen LogP contribution in [0.2, 0.25) is 0 Å². The van der Waals surface area contributed by atoms with E-state index >= 15 is 0 Å². The molecule has 1 aliphatic heterocycles. The Morgan fingerprint density at radius 2 is 1.54 bits per heavy atom. The van der Waals surface area contributed by atoms with E-state index in [2.05, 4.69) is 41.5 Å². The lowest BCUT2D eigenvalue weighted by Crippen LogP contribution is -2.59. The number of nitrogens with two attached hydrogens (primary N) is 3. The Kier molecular flexibility index (Phi) is 18.4. The normalized spacial score (nSPS) is 15.8. The van der Waals surface area contributed by atoms with Gasteiger partial charge in [-0.1, -0.05) is 56.3 Å². The van der Waals surface area contributed by atoms with Crippen molar-refractivity contribution in [1.29, 1.82) is 0 Å². The Labute approximate surface area is 364 Å². The fourth-order valence-electron chi connectivity index (χ4n) is 6.96. The predicted octanol–water partition coefficient (Wildman–Crippen LogP) is -1.69. The fourth-order valence-corrected chi connectivity index (χ4v) is 6.96. The Bertz CT molecular complexity index is 2040. The van der Waals surface area contributed by atoms with Crippen LogP contribution in [0.3, 0.4) is 0 Å². The molecule has 1 aromatic heterocycles. The van der Waals surface area contributed by atoms with Crippen LogP contribution >= 0.6 is 0 Å². The molecule has 2 heterocycles. The van der Waals surface area contributed by atoms with E-state index in [4.69, 9.17) is 17.2 Å². The van der Waals surface area contributed by atoms with Gasteiger partial charge >= 0.3 is 5.97 Å². The Balaban J connectivity index is 1.44. The Morgan fingerprint density at radius 3 is 2.17 bits per heavy atom. The molecule has 1 saturated heterocycles. The van der Waals surface area contributed by atoms with Gasteiger partial charge in [0.15, 0.2) is 5.96 Å². The van der Waals surface area contributed by atoms with Gasteiger partial charge in [0.25, 0.3) is 0 Å². The van der Waals surface area contributed by atoms with E-state index in [9.17, 15) is 43.8 Å². The summed E-state index contributed by atoms with van der Waals surface area (Å²) >= 11 is 0. The largest absolute Gasteiger partial charge is 0.508 e. The molecule has 14 N–H and O–H groups in total. The predicted molar refractivity (Wildman–Crippen MR) is 230 cm³/mol. The minimum absolute atomic E-state index is 0.0229. The first kappa shape index (κ1) is 48.6. The van der Waals surface area contributed by atoms with Crippen LogP contribution in [0, 0.1) is 5.92 Å². The molecule has 0 bridgehead atoms. The highest BCUT2D eigenvalue weighted by atomic mass is 16.4. The van der Waals surface area contributed by atoms with Crippen molar-refractivity contribution >= 4 is 47.4 Å². The Morgan fingerprint density at radius 1 is 0.857 bits per heavy atom. The van der Waals surface area contributed by atoms with Crippen LogP contribution in [0.15, 0.2) is 72.1 Å². The molecule has 2 aromatic carbocycles. The number of aliphatic imine (C=N–C) groups is 1. The zero-order valence-corrected chi connectivity index (χ0v) is 35.3. The van der Waals surface area contributed by atoms with Gasteiger partial charge in [-0.3, -0.25) is 33.8 Å². The minimum atomic E-state index is -1.27. The van der Waals surface area contributed by atoms with Gasteiger partial charge in [0.1, 0.15) is 36.0 Å². The lowest BCUT2D eigenvalue weighted by atomic mass is 10.00. The third-order valence-electron chi connectivity index (χ3n) is 10.3. The number of aromatic amines is 1. The van der Waals surface area contributed by atoms with Crippen molar-refractivity contribution in [2.45, 2.75) is 95.0 Å². The van der Waals surface area contributed by atoms with Crippen LogP contribution in [0.1, 0.15) is 56.4 Å². The van der Waals surface area contributed by atoms with Crippen LogP contribution in [0.5, 0.6) is 5.75 Å². The third-order valence-corrected chi connectivity index (χ3v) is 10.3. The molecule has 3 aromatic rings. The number of guanidine groups is 1. The second-order valence-corrected chi connectivity index (χ2v) is 15.6. The zero-order valence-electron chi connectivity index (χ0n) is 35.3. The SMILES string of the molecule is CC(C)C(NC(=O)C(N)CCCN=C(N)N)C(=O)NC(Cc1ccc(O)cc1)C(=O)NCC(=O)NC(Cc1cnc[nH]1)C(=O)N1CCCC1C(=O)NC(Cc1ccccc1)C(=O)O. The summed E-state index contributed by atoms with van der Waals surface area (Å²) in [5.41, 5.74) is 18.5. The number of carboxylic acids is 1. The molecule has 4 rings (SSSR count). The van der Waals surface area contributed by atoms with Gasteiger partial charge in [-0.15, -0.1) is 0 Å². The van der Waals surface area contributed by atoms with Crippen molar-refractivity contribution in [2.24, 2.45) is 28.1 Å². The molecule has 21 heteroatoms. The average molecular weight is 875 g/mol. The molecule has 21 nitrogen and oxygen atoms in total. The summed E-state index contributed by atoms with van der Waals surface area (Å²) in [4.78, 5) is 106. The smallest absolute Gasteiger partial charge is 0.326 e. The lowest BCUT2D eigenvalue weighted by Gasteiger charge is -2.29. The number of carboxylic acid groups (broad SMARTS) is 1. The monoisotopic (exact) mass is 874 g/mol. The van der Waals surface area contributed by atoms with Crippen molar-refractivity contribution in [3.63, 3.8) is 0 Å². The highest BCUT2D eigenvalue weighted by molar-refractivity contribution is 5.96. The molecule has 340 valence electrons.